The highest BCUT2D eigenvalue weighted by atomic mass is 16.5. The maximum absolute atomic E-state index is 10.9. The van der Waals surface area contributed by atoms with Gasteiger partial charge in [-0.05, 0) is 102 Å². The fraction of sp³-hybridized carbons (Fsp3) is 0.878. The largest absolute Gasteiger partial charge is 0.380 e. The van der Waals surface area contributed by atoms with Crippen molar-refractivity contribution in [1.29, 1.82) is 0 Å². The van der Waals surface area contributed by atoms with Crippen LogP contribution in [-0.4, -0.2) is 192 Å². The Morgan fingerprint density at radius 3 is 1.34 bits per heavy atom. The normalized spacial score (nSPS) is 26.9. The molecule has 0 N–H and O–H groups in total. The van der Waals surface area contributed by atoms with Crippen LogP contribution in [0.4, 0.5) is 0 Å². The van der Waals surface area contributed by atoms with E-state index < -0.39 is 0 Å². The molecule has 15 nitrogen and oxygen atoms in total. The van der Waals surface area contributed by atoms with Gasteiger partial charge in [-0.25, -0.2) is 0 Å². The fourth-order valence-electron chi connectivity index (χ4n) is 6.63. The van der Waals surface area contributed by atoms with E-state index in [9.17, 15) is 24.0 Å². The minimum Gasteiger partial charge on any atom is -0.380 e. The van der Waals surface area contributed by atoms with Crippen molar-refractivity contribution < 1.29 is 47.7 Å². The molecule has 0 spiro atoms. The quantitative estimate of drug-likeness (QED) is 0.318. The number of ketones is 5. The first-order valence-electron chi connectivity index (χ1n) is 20.4. The monoisotopic (exact) mass is 800 g/mol. The van der Waals surface area contributed by atoms with Crippen molar-refractivity contribution in [3.8, 4) is 0 Å². The molecule has 0 saturated carbocycles. The Kier molecular flexibility index (Phi) is 27.9. The molecule has 5 atom stereocenters. The van der Waals surface area contributed by atoms with Crippen molar-refractivity contribution in [2.75, 3.05) is 108 Å². The first kappa shape index (κ1) is 52.0. The van der Waals surface area contributed by atoms with E-state index in [2.05, 4.69) is 31.5 Å². The summed E-state index contributed by atoms with van der Waals surface area (Å²) in [5, 5.41) is 0. The van der Waals surface area contributed by atoms with Gasteiger partial charge in [0.1, 0.15) is 41.4 Å². The molecule has 0 amide bonds. The minimum absolute atomic E-state index is 0.0185. The number of hydrogen-bond donors (Lipinski definition) is 0. The van der Waals surface area contributed by atoms with Gasteiger partial charge in [0, 0.05) is 96.3 Å². The number of nitrogens with zero attached hydrogens (tertiary/aromatic N) is 5. The molecule has 0 aromatic carbocycles. The summed E-state index contributed by atoms with van der Waals surface area (Å²) in [4.78, 5) is 64.5. The van der Waals surface area contributed by atoms with Gasteiger partial charge in [-0.1, -0.05) is 0 Å². The van der Waals surface area contributed by atoms with Gasteiger partial charge in [-0.3, -0.25) is 43.6 Å². The highest BCUT2D eigenvalue weighted by Gasteiger charge is 2.24. The van der Waals surface area contributed by atoms with E-state index in [4.69, 9.17) is 23.7 Å². The van der Waals surface area contributed by atoms with Crippen LogP contribution in [0.5, 0.6) is 0 Å². The molecule has 5 aliphatic heterocycles. The Hall–Kier alpha value is -2.05. The third-order valence-corrected chi connectivity index (χ3v) is 10.1. The Balaban J connectivity index is 0.000000350. The number of hydrogen-bond acceptors (Lipinski definition) is 15. The van der Waals surface area contributed by atoms with E-state index >= 15 is 0 Å². The molecule has 0 bridgehead atoms. The SMILES string of the molecule is CC(=O)CC1CCOCN1C.CC(=O)CC1COCCCN1C.CC(=O)CC1COCN1C.CC(=O)CC1OCCCCN1C.CC(=O)CC1OCCCN1C. The van der Waals surface area contributed by atoms with Gasteiger partial charge >= 0.3 is 0 Å². The van der Waals surface area contributed by atoms with Gasteiger partial charge < -0.3 is 28.6 Å². The molecular weight excluding hydrogens is 722 g/mol. The molecule has 5 aliphatic rings. The summed E-state index contributed by atoms with van der Waals surface area (Å²) in [6.45, 7) is 17.2. The van der Waals surface area contributed by atoms with Crippen LogP contribution in [0.3, 0.4) is 0 Å². The summed E-state index contributed by atoms with van der Waals surface area (Å²) < 4.78 is 26.7. The Morgan fingerprint density at radius 2 is 0.839 bits per heavy atom. The van der Waals surface area contributed by atoms with Crippen LogP contribution in [0, 0.1) is 0 Å². The number of rotatable bonds is 10. The molecule has 0 aliphatic carbocycles. The third kappa shape index (κ3) is 24.7. The molecule has 0 radical (unpaired) electrons. The average Bonchev–Trinajstić information content (AvgIpc) is 3.26. The van der Waals surface area contributed by atoms with Crippen LogP contribution in [0.25, 0.3) is 0 Å². The van der Waals surface area contributed by atoms with Crippen molar-refractivity contribution in [2.45, 2.75) is 129 Å². The first-order valence-corrected chi connectivity index (χ1v) is 20.4. The van der Waals surface area contributed by atoms with Crippen LogP contribution in [-0.2, 0) is 47.7 Å². The first-order chi connectivity index (χ1) is 26.5. The molecule has 0 aromatic heterocycles. The molecule has 5 fully saturated rings. The molecule has 326 valence electrons. The third-order valence-electron chi connectivity index (χ3n) is 10.1. The van der Waals surface area contributed by atoms with E-state index in [1.165, 1.54) is 6.42 Å². The number of carbonyl (C=O) groups is 5. The van der Waals surface area contributed by atoms with Crippen molar-refractivity contribution in [2.24, 2.45) is 0 Å². The summed E-state index contributed by atoms with van der Waals surface area (Å²) in [6, 6.07) is 1.02. The summed E-state index contributed by atoms with van der Waals surface area (Å²) in [5.74, 6) is 1.15. The van der Waals surface area contributed by atoms with Crippen molar-refractivity contribution in [3.05, 3.63) is 0 Å². The molecule has 56 heavy (non-hydrogen) atoms. The molecule has 5 unspecified atom stereocenters. The second kappa shape index (κ2) is 30.1. The standard InChI is InChI=1S/2C9H17NO2.2C8H15NO2.C7H13NO2/c1-8(11)6-9-7-12-5-3-4-10(9)2;1-8(11)7-9-10(2)5-3-4-6-12-9;1-7(10)5-8-3-4-11-6-9(8)2;1-7(10)6-8-9(2)4-3-5-11-8;1-6(9)3-7-4-10-5-8(7)2/h2*9H,3-7H2,1-2H3;2*8H,3-6H2,1-2H3;7H,3-5H2,1-2H3. The van der Waals surface area contributed by atoms with Gasteiger partial charge in [-0.2, -0.15) is 0 Å². The lowest BCUT2D eigenvalue weighted by atomic mass is 10.1. The van der Waals surface area contributed by atoms with Crippen LogP contribution in [0.15, 0.2) is 0 Å². The van der Waals surface area contributed by atoms with Gasteiger partial charge in [-0.15, -0.1) is 0 Å². The lowest BCUT2D eigenvalue weighted by Crippen LogP contribution is -2.40. The van der Waals surface area contributed by atoms with E-state index in [-0.39, 0.29) is 41.4 Å². The summed E-state index contributed by atoms with van der Waals surface area (Å²) in [6.07, 6.45) is 8.42. The maximum atomic E-state index is 10.9. The number of likely N-dealkylation sites (N-methyl/N-ethyl adjacent to an activating group) is 2. The Morgan fingerprint density at radius 1 is 0.429 bits per heavy atom. The molecule has 5 saturated heterocycles. The summed E-state index contributed by atoms with van der Waals surface area (Å²) >= 11 is 0. The van der Waals surface area contributed by atoms with Crippen LogP contribution in [0.2, 0.25) is 0 Å². The van der Waals surface area contributed by atoms with Crippen molar-refractivity contribution >= 4 is 28.9 Å². The van der Waals surface area contributed by atoms with Gasteiger partial charge in [0.2, 0.25) is 0 Å². The van der Waals surface area contributed by atoms with Crippen LogP contribution >= 0.6 is 0 Å². The minimum atomic E-state index is 0.0185. The number of ether oxygens (including phenoxy) is 5. The highest BCUT2D eigenvalue weighted by Crippen LogP contribution is 2.14. The molecule has 0 aromatic rings. The van der Waals surface area contributed by atoms with E-state index in [1.807, 2.05) is 28.2 Å². The van der Waals surface area contributed by atoms with Gasteiger partial charge in [0.05, 0.1) is 26.7 Å². The number of carbonyl (C=O) groups excluding carboxylic acids is 5. The molecule has 5 rings (SSSR count). The van der Waals surface area contributed by atoms with E-state index in [0.717, 1.165) is 71.7 Å². The zero-order valence-electron chi connectivity index (χ0n) is 36.6. The van der Waals surface area contributed by atoms with Gasteiger partial charge in [0.15, 0.2) is 0 Å². The predicted octanol–water partition coefficient (Wildman–Crippen LogP) is 3.26. The number of Topliss-reactive ketones (excluding diaryl/α,β-unsaturated/α-hetero) is 5. The lowest BCUT2D eigenvalue weighted by Gasteiger charge is -2.31. The molecule has 15 heteroatoms. The smallest absolute Gasteiger partial charge is 0.133 e. The van der Waals surface area contributed by atoms with Crippen LogP contribution in [0.1, 0.15) is 98.8 Å². The van der Waals surface area contributed by atoms with E-state index in [0.29, 0.717) is 76.9 Å². The predicted molar refractivity (Wildman–Crippen MR) is 216 cm³/mol. The Bertz CT molecular complexity index is 1080. The lowest BCUT2D eigenvalue weighted by molar-refractivity contribution is -0.129. The summed E-state index contributed by atoms with van der Waals surface area (Å²) in [5.41, 5.74) is 0. The summed E-state index contributed by atoms with van der Waals surface area (Å²) in [7, 11) is 10.0. The zero-order valence-corrected chi connectivity index (χ0v) is 36.6. The Labute approximate surface area is 338 Å². The highest BCUT2D eigenvalue weighted by molar-refractivity contribution is 5.77. The fourth-order valence-corrected chi connectivity index (χ4v) is 6.63. The zero-order chi connectivity index (χ0) is 42.0. The molecular formula is C41H77N5O10. The topological polar surface area (TPSA) is 148 Å². The average molecular weight is 800 g/mol. The van der Waals surface area contributed by atoms with Crippen LogP contribution < -0.4 is 0 Å². The maximum Gasteiger partial charge on any atom is 0.133 e. The molecule has 5 heterocycles. The van der Waals surface area contributed by atoms with Gasteiger partial charge in [0.25, 0.3) is 0 Å². The second-order valence-corrected chi connectivity index (χ2v) is 15.9. The van der Waals surface area contributed by atoms with Crippen molar-refractivity contribution in [3.63, 3.8) is 0 Å². The van der Waals surface area contributed by atoms with E-state index in [1.54, 1.807) is 34.6 Å². The van der Waals surface area contributed by atoms with Crippen molar-refractivity contribution in [1.82, 2.24) is 24.5 Å². The second-order valence-electron chi connectivity index (χ2n) is 15.9.